The Morgan fingerprint density at radius 2 is 2.27 bits per heavy atom. The Bertz CT molecular complexity index is 303. The van der Waals surface area contributed by atoms with Crippen LogP contribution in [0.1, 0.15) is 12.8 Å². The third-order valence-electron chi connectivity index (χ3n) is 3.34. The van der Waals surface area contributed by atoms with Crippen LogP contribution in [0.4, 0.5) is 0 Å². The molecule has 3 aliphatic carbocycles. The first kappa shape index (κ1) is 5.70. The quantitative estimate of drug-likeness (QED) is 0.474. The number of Topliss-reactive ketones (excluding diaryl/α,β-unsaturated/α-hetero) is 1. The summed E-state index contributed by atoms with van der Waals surface area (Å²) in [5.41, 5.74) is -0.487. The summed E-state index contributed by atoms with van der Waals surface area (Å²) in [6.45, 7) is 0. The average molecular weight is 148 g/mol. The molecule has 2 heteroatoms. The lowest BCUT2D eigenvalue weighted by molar-refractivity contribution is -0.133. The normalized spacial score (nSPS) is 51.3. The van der Waals surface area contributed by atoms with Crippen molar-refractivity contribution in [1.82, 2.24) is 0 Å². The maximum atomic E-state index is 11.5. The highest BCUT2D eigenvalue weighted by Crippen LogP contribution is 2.65. The highest BCUT2D eigenvalue weighted by Gasteiger charge is 2.70. The largest absolute Gasteiger partial charge is 0.298 e. The van der Waals surface area contributed by atoms with Gasteiger partial charge >= 0.3 is 0 Å². The molecule has 0 aromatic carbocycles. The number of allylic oxidation sites excluding steroid dienone is 2. The zero-order valence-corrected chi connectivity index (χ0v) is 6.04. The van der Waals surface area contributed by atoms with E-state index in [2.05, 4.69) is 0 Å². The molecule has 3 aliphatic rings. The van der Waals surface area contributed by atoms with Gasteiger partial charge in [-0.05, 0) is 24.8 Å². The Kier molecular flexibility index (Phi) is 0.691. The summed E-state index contributed by atoms with van der Waals surface area (Å²) >= 11 is 0. The molecule has 2 saturated carbocycles. The Morgan fingerprint density at radius 1 is 1.45 bits per heavy atom. The van der Waals surface area contributed by atoms with E-state index in [0.717, 1.165) is 12.8 Å². The minimum Gasteiger partial charge on any atom is -0.298 e. The molecule has 0 aromatic rings. The van der Waals surface area contributed by atoms with Gasteiger partial charge in [-0.2, -0.15) is 0 Å². The molecule has 0 saturated heterocycles. The van der Waals surface area contributed by atoms with Gasteiger partial charge in [0.1, 0.15) is 0 Å². The van der Waals surface area contributed by atoms with E-state index in [0.29, 0.717) is 5.92 Å². The molecule has 1 spiro atoms. The molecule has 0 aliphatic heterocycles. The Hall–Kier alpha value is -0.920. The molecule has 2 nitrogen and oxygen atoms in total. The second kappa shape index (κ2) is 1.33. The second-order valence-electron chi connectivity index (χ2n) is 3.80. The van der Waals surface area contributed by atoms with E-state index in [4.69, 9.17) is 0 Å². The minimum absolute atomic E-state index is 0.0706. The molecule has 0 aromatic heterocycles. The second-order valence-corrected chi connectivity index (χ2v) is 3.80. The number of rotatable bonds is 0. The Balaban J connectivity index is 2.23. The smallest absolute Gasteiger partial charge is 0.169 e. The topological polar surface area (TPSA) is 34.1 Å². The third-order valence-corrected chi connectivity index (χ3v) is 3.34. The summed E-state index contributed by atoms with van der Waals surface area (Å²) in [5, 5.41) is 0. The number of ketones is 2. The van der Waals surface area contributed by atoms with Crippen molar-refractivity contribution in [3.63, 3.8) is 0 Å². The molecule has 2 fully saturated rings. The van der Waals surface area contributed by atoms with Crippen molar-refractivity contribution >= 4 is 11.6 Å². The molecule has 2 bridgehead atoms. The summed E-state index contributed by atoms with van der Waals surface area (Å²) in [5.74, 6) is 0.769. The van der Waals surface area contributed by atoms with Gasteiger partial charge in [0.15, 0.2) is 11.6 Å². The molecule has 56 valence electrons. The first-order valence-corrected chi connectivity index (χ1v) is 4.02. The van der Waals surface area contributed by atoms with Crippen molar-refractivity contribution in [2.24, 2.45) is 17.3 Å². The van der Waals surface area contributed by atoms with Gasteiger partial charge < -0.3 is 0 Å². The molecular weight excluding hydrogens is 140 g/mol. The van der Waals surface area contributed by atoms with Gasteiger partial charge in [0, 0.05) is 5.92 Å². The van der Waals surface area contributed by atoms with Gasteiger partial charge in [-0.1, -0.05) is 6.08 Å². The van der Waals surface area contributed by atoms with Crippen molar-refractivity contribution in [1.29, 1.82) is 0 Å². The number of hydrogen-bond acceptors (Lipinski definition) is 2. The Morgan fingerprint density at radius 3 is 3.00 bits per heavy atom. The Labute approximate surface area is 64.3 Å². The van der Waals surface area contributed by atoms with Crippen molar-refractivity contribution in [3.05, 3.63) is 12.2 Å². The summed E-state index contributed by atoms with van der Waals surface area (Å²) in [6, 6.07) is 0. The van der Waals surface area contributed by atoms with Crippen LogP contribution < -0.4 is 0 Å². The standard InChI is InChI=1S/C9H8O2/c10-7-2-1-5-3-6-4-9(6,7)8(5)11/h1-2,5-6H,3-4H2. The molecule has 0 heterocycles. The maximum Gasteiger partial charge on any atom is 0.169 e. The fraction of sp³-hybridized carbons (Fsp3) is 0.556. The SMILES string of the molecule is O=C1C=CC2CC3CC13C2=O. The predicted octanol–water partition coefficient (Wildman–Crippen LogP) is 0.721. The van der Waals surface area contributed by atoms with Gasteiger partial charge in [-0.15, -0.1) is 0 Å². The van der Waals surface area contributed by atoms with E-state index < -0.39 is 5.41 Å². The fourth-order valence-electron chi connectivity index (χ4n) is 2.60. The van der Waals surface area contributed by atoms with Gasteiger partial charge in [-0.3, -0.25) is 9.59 Å². The van der Waals surface area contributed by atoms with E-state index in [9.17, 15) is 9.59 Å². The molecule has 0 radical (unpaired) electrons. The van der Waals surface area contributed by atoms with Crippen LogP contribution in [0.25, 0.3) is 0 Å². The van der Waals surface area contributed by atoms with Crippen LogP contribution in [0, 0.1) is 17.3 Å². The van der Waals surface area contributed by atoms with E-state index in [1.807, 2.05) is 0 Å². The first-order chi connectivity index (χ1) is 5.25. The van der Waals surface area contributed by atoms with Crippen molar-refractivity contribution < 1.29 is 9.59 Å². The van der Waals surface area contributed by atoms with Crippen LogP contribution in [-0.4, -0.2) is 11.6 Å². The summed E-state index contributed by atoms with van der Waals surface area (Å²) < 4.78 is 0. The zero-order chi connectivity index (χ0) is 7.64. The lowest BCUT2D eigenvalue weighted by Crippen LogP contribution is -2.29. The summed E-state index contributed by atoms with van der Waals surface area (Å²) in [4.78, 5) is 22.8. The van der Waals surface area contributed by atoms with Gasteiger partial charge in [-0.25, -0.2) is 0 Å². The molecule has 11 heavy (non-hydrogen) atoms. The molecule has 3 rings (SSSR count). The average Bonchev–Trinajstić information content (AvgIpc) is 2.64. The maximum absolute atomic E-state index is 11.5. The number of carbonyl (C=O) groups is 2. The molecule has 0 N–H and O–H groups in total. The number of carbonyl (C=O) groups excluding carboxylic acids is 2. The molecule has 3 unspecified atom stereocenters. The highest BCUT2D eigenvalue weighted by atomic mass is 16.2. The molecule has 0 amide bonds. The van der Waals surface area contributed by atoms with Crippen LogP contribution >= 0.6 is 0 Å². The summed E-state index contributed by atoms with van der Waals surface area (Å²) in [6.07, 6.45) is 5.16. The highest BCUT2D eigenvalue weighted by molar-refractivity contribution is 6.19. The van der Waals surface area contributed by atoms with Crippen LogP contribution in [0.15, 0.2) is 12.2 Å². The van der Waals surface area contributed by atoms with Crippen LogP contribution in [0.2, 0.25) is 0 Å². The van der Waals surface area contributed by atoms with Crippen LogP contribution in [0.5, 0.6) is 0 Å². The van der Waals surface area contributed by atoms with Crippen LogP contribution in [-0.2, 0) is 9.59 Å². The third kappa shape index (κ3) is 0.416. The molecular formula is C9H8O2. The van der Waals surface area contributed by atoms with E-state index in [-0.39, 0.29) is 17.5 Å². The lowest BCUT2D eigenvalue weighted by atomic mass is 9.86. The van der Waals surface area contributed by atoms with E-state index in [1.165, 1.54) is 0 Å². The van der Waals surface area contributed by atoms with E-state index >= 15 is 0 Å². The monoisotopic (exact) mass is 148 g/mol. The van der Waals surface area contributed by atoms with Crippen molar-refractivity contribution in [3.8, 4) is 0 Å². The molecule has 3 atom stereocenters. The summed E-state index contributed by atoms with van der Waals surface area (Å²) in [7, 11) is 0. The van der Waals surface area contributed by atoms with Gasteiger partial charge in [0.25, 0.3) is 0 Å². The fourth-order valence-corrected chi connectivity index (χ4v) is 2.60. The predicted molar refractivity (Wildman–Crippen MR) is 37.8 cm³/mol. The number of hydrogen-bond donors (Lipinski definition) is 0. The van der Waals surface area contributed by atoms with Crippen molar-refractivity contribution in [2.75, 3.05) is 0 Å². The minimum atomic E-state index is -0.487. The first-order valence-electron chi connectivity index (χ1n) is 4.02. The van der Waals surface area contributed by atoms with E-state index in [1.54, 1.807) is 12.2 Å². The number of fused-ring (bicyclic) bond motifs is 1. The van der Waals surface area contributed by atoms with Gasteiger partial charge in [0.05, 0.1) is 5.41 Å². The van der Waals surface area contributed by atoms with Gasteiger partial charge in [0.2, 0.25) is 0 Å². The van der Waals surface area contributed by atoms with Crippen molar-refractivity contribution in [2.45, 2.75) is 12.8 Å². The van der Waals surface area contributed by atoms with Crippen LogP contribution in [0.3, 0.4) is 0 Å². The zero-order valence-electron chi connectivity index (χ0n) is 6.04. The lowest BCUT2D eigenvalue weighted by Gasteiger charge is -2.14.